The molecule has 0 aromatic heterocycles. The molecule has 0 spiro atoms. The summed E-state index contributed by atoms with van der Waals surface area (Å²) in [6.45, 7) is 0. The Balaban J connectivity index is 3.34. The number of alkyl halides is 4. The summed E-state index contributed by atoms with van der Waals surface area (Å²) in [5.74, 6) is -0.995. The molecule has 0 amide bonds. The van der Waals surface area contributed by atoms with Gasteiger partial charge in [0.2, 0.25) is 0 Å². The summed E-state index contributed by atoms with van der Waals surface area (Å²) >= 11 is 5.28. The van der Waals surface area contributed by atoms with Gasteiger partial charge in [-0.1, -0.05) is 0 Å². The Kier molecular flexibility index (Phi) is 3.32. The first-order chi connectivity index (χ1) is 7.27. The number of anilines is 2. The summed E-state index contributed by atoms with van der Waals surface area (Å²) < 4.78 is 37.0. The number of Topliss-reactive ketones (excluding diaryl/α,β-unsaturated/α-hetero) is 1. The Labute approximate surface area is 94.2 Å². The quantitative estimate of drug-likeness (QED) is 0.482. The zero-order valence-corrected chi connectivity index (χ0v) is 8.69. The molecule has 0 saturated heterocycles. The van der Waals surface area contributed by atoms with Crippen molar-refractivity contribution in [3.8, 4) is 0 Å². The zero-order chi connectivity index (χ0) is 12.5. The van der Waals surface area contributed by atoms with Gasteiger partial charge in [-0.3, -0.25) is 4.79 Å². The summed E-state index contributed by atoms with van der Waals surface area (Å²) in [4.78, 5) is 11.2. The average molecular weight is 253 g/mol. The van der Waals surface area contributed by atoms with E-state index in [1.54, 1.807) is 0 Å². The molecule has 4 N–H and O–H groups in total. The maximum atomic E-state index is 12.3. The lowest BCUT2D eigenvalue weighted by Crippen LogP contribution is -2.13. The van der Waals surface area contributed by atoms with Crippen LogP contribution in [-0.2, 0) is 6.18 Å². The van der Waals surface area contributed by atoms with Gasteiger partial charge in [0.05, 0.1) is 17.0 Å². The largest absolute Gasteiger partial charge is 0.416 e. The van der Waals surface area contributed by atoms with Crippen LogP contribution in [0.25, 0.3) is 0 Å². The van der Waals surface area contributed by atoms with Crippen molar-refractivity contribution in [2.75, 3.05) is 17.3 Å². The van der Waals surface area contributed by atoms with E-state index in [0.29, 0.717) is 12.1 Å². The number of ketones is 1. The lowest BCUT2D eigenvalue weighted by Gasteiger charge is -2.12. The Bertz CT molecular complexity index is 408. The average Bonchev–Trinajstić information content (AvgIpc) is 2.14. The van der Waals surface area contributed by atoms with Crippen LogP contribution in [0, 0.1) is 0 Å². The number of nitrogen functional groups attached to an aromatic ring is 2. The van der Waals surface area contributed by atoms with Crippen LogP contribution in [-0.4, -0.2) is 11.7 Å². The molecule has 0 aliphatic rings. The fraction of sp³-hybridized carbons (Fsp3) is 0.222. The fourth-order valence-corrected chi connectivity index (χ4v) is 1.37. The van der Waals surface area contributed by atoms with Crippen LogP contribution in [0.2, 0.25) is 0 Å². The van der Waals surface area contributed by atoms with Gasteiger partial charge in [-0.25, -0.2) is 0 Å². The summed E-state index contributed by atoms with van der Waals surface area (Å²) in [7, 11) is 0. The summed E-state index contributed by atoms with van der Waals surface area (Å²) in [6.07, 6.45) is -4.55. The number of benzene rings is 1. The van der Waals surface area contributed by atoms with E-state index in [4.69, 9.17) is 23.1 Å². The second kappa shape index (κ2) is 4.21. The Morgan fingerprint density at radius 3 is 2.00 bits per heavy atom. The standard InChI is InChI=1S/C9H8ClF3N2O/c10-3-7(16)8-5(14)1-4(2-6(8)15)9(11,12)13/h1-2H,3,14-15H2. The molecule has 0 atom stereocenters. The molecule has 7 heteroatoms. The molecule has 0 radical (unpaired) electrons. The Hall–Kier alpha value is -1.43. The van der Waals surface area contributed by atoms with E-state index in [9.17, 15) is 18.0 Å². The SMILES string of the molecule is Nc1cc(C(F)(F)F)cc(N)c1C(=O)CCl. The minimum absolute atomic E-state index is 0.164. The molecular weight excluding hydrogens is 245 g/mol. The van der Waals surface area contributed by atoms with Crippen molar-refractivity contribution in [1.29, 1.82) is 0 Å². The van der Waals surface area contributed by atoms with Gasteiger partial charge < -0.3 is 11.5 Å². The zero-order valence-electron chi connectivity index (χ0n) is 7.94. The monoisotopic (exact) mass is 252 g/mol. The number of halogens is 4. The Morgan fingerprint density at radius 1 is 1.25 bits per heavy atom. The van der Waals surface area contributed by atoms with Gasteiger partial charge in [-0.05, 0) is 12.1 Å². The molecule has 1 aromatic carbocycles. The van der Waals surface area contributed by atoms with Crippen molar-refractivity contribution < 1.29 is 18.0 Å². The van der Waals surface area contributed by atoms with Crippen molar-refractivity contribution >= 4 is 28.8 Å². The molecule has 0 unspecified atom stereocenters. The molecule has 0 fully saturated rings. The van der Waals surface area contributed by atoms with Crippen LogP contribution in [0.5, 0.6) is 0 Å². The number of nitrogens with two attached hydrogens (primary N) is 2. The van der Waals surface area contributed by atoms with Crippen molar-refractivity contribution in [1.82, 2.24) is 0 Å². The maximum absolute atomic E-state index is 12.3. The molecule has 1 aromatic rings. The van der Waals surface area contributed by atoms with E-state index >= 15 is 0 Å². The minimum atomic E-state index is -4.55. The molecule has 16 heavy (non-hydrogen) atoms. The second-order valence-corrected chi connectivity index (χ2v) is 3.35. The number of carbonyl (C=O) groups is 1. The third-order valence-corrected chi connectivity index (χ3v) is 2.17. The van der Waals surface area contributed by atoms with E-state index < -0.39 is 17.5 Å². The second-order valence-electron chi connectivity index (χ2n) is 3.08. The van der Waals surface area contributed by atoms with Crippen LogP contribution in [0.4, 0.5) is 24.5 Å². The van der Waals surface area contributed by atoms with Gasteiger partial charge >= 0.3 is 6.18 Å². The van der Waals surface area contributed by atoms with E-state index in [1.807, 2.05) is 0 Å². The van der Waals surface area contributed by atoms with Gasteiger partial charge in [0.1, 0.15) is 0 Å². The molecule has 0 saturated carbocycles. The van der Waals surface area contributed by atoms with Gasteiger partial charge in [-0.15, -0.1) is 11.6 Å². The number of hydrogen-bond donors (Lipinski definition) is 2. The lowest BCUT2D eigenvalue weighted by molar-refractivity contribution is -0.137. The van der Waals surface area contributed by atoms with Crippen molar-refractivity contribution in [3.63, 3.8) is 0 Å². The highest BCUT2D eigenvalue weighted by molar-refractivity contribution is 6.31. The molecule has 88 valence electrons. The third-order valence-electron chi connectivity index (χ3n) is 1.93. The molecule has 0 bridgehead atoms. The number of hydrogen-bond acceptors (Lipinski definition) is 3. The van der Waals surface area contributed by atoms with Crippen LogP contribution in [0.1, 0.15) is 15.9 Å². The van der Waals surface area contributed by atoms with Gasteiger partial charge in [0.15, 0.2) is 5.78 Å². The molecule has 0 aliphatic heterocycles. The van der Waals surface area contributed by atoms with Gasteiger partial charge in [0.25, 0.3) is 0 Å². The lowest BCUT2D eigenvalue weighted by atomic mass is 10.0. The van der Waals surface area contributed by atoms with Crippen molar-refractivity contribution in [2.45, 2.75) is 6.18 Å². The predicted octanol–water partition coefficient (Wildman–Crippen LogP) is 2.29. The summed E-state index contributed by atoms with van der Waals surface area (Å²) in [5, 5.41) is 0. The van der Waals surface area contributed by atoms with Crippen molar-refractivity contribution in [2.24, 2.45) is 0 Å². The first kappa shape index (κ1) is 12.6. The fourth-order valence-electron chi connectivity index (χ4n) is 1.24. The number of rotatable bonds is 2. The summed E-state index contributed by atoms with van der Waals surface area (Å²) in [6, 6.07) is 1.33. The predicted molar refractivity (Wildman–Crippen MR) is 55.3 cm³/mol. The van der Waals surface area contributed by atoms with Gasteiger partial charge in [0, 0.05) is 11.4 Å². The molecule has 0 aliphatic carbocycles. The first-order valence-corrected chi connectivity index (χ1v) is 4.66. The highest BCUT2D eigenvalue weighted by Crippen LogP contribution is 2.34. The Morgan fingerprint density at radius 2 is 1.69 bits per heavy atom. The third kappa shape index (κ3) is 2.38. The van der Waals surface area contributed by atoms with E-state index in [0.717, 1.165) is 0 Å². The highest BCUT2D eigenvalue weighted by Gasteiger charge is 2.32. The first-order valence-electron chi connectivity index (χ1n) is 4.12. The van der Waals surface area contributed by atoms with Crippen LogP contribution < -0.4 is 11.5 Å². The molecule has 1 rings (SSSR count). The van der Waals surface area contributed by atoms with Gasteiger partial charge in [-0.2, -0.15) is 13.2 Å². The van der Waals surface area contributed by atoms with Crippen LogP contribution in [0.15, 0.2) is 12.1 Å². The maximum Gasteiger partial charge on any atom is 0.416 e. The normalized spacial score (nSPS) is 11.5. The molecular formula is C9H8ClF3N2O. The minimum Gasteiger partial charge on any atom is -0.398 e. The van der Waals surface area contributed by atoms with Crippen LogP contribution in [0.3, 0.4) is 0 Å². The smallest absolute Gasteiger partial charge is 0.398 e. The van der Waals surface area contributed by atoms with E-state index in [-0.39, 0.29) is 22.8 Å². The van der Waals surface area contributed by atoms with Crippen molar-refractivity contribution in [3.05, 3.63) is 23.3 Å². The molecule has 3 nitrogen and oxygen atoms in total. The number of carbonyl (C=O) groups excluding carboxylic acids is 1. The van der Waals surface area contributed by atoms with E-state index in [2.05, 4.69) is 0 Å². The van der Waals surface area contributed by atoms with E-state index in [1.165, 1.54) is 0 Å². The summed E-state index contributed by atoms with van der Waals surface area (Å²) in [5.41, 5.74) is 8.87. The molecule has 0 heterocycles. The topological polar surface area (TPSA) is 69.1 Å². The highest BCUT2D eigenvalue weighted by atomic mass is 35.5. The van der Waals surface area contributed by atoms with Crippen LogP contribution >= 0.6 is 11.6 Å².